The van der Waals surface area contributed by atoms with Gasteiger partial charge in [0, 0.05) is 24.8 Å². The van der Waals surface area contributed by atoms with Gasteiger partial charge >= 0.3 is 0 Å². The molecule has 1 atom stereocenters. The van der Waals surface area contributed by atoms with E-state index in [1.165, 1.54) is 0 Å². The van der Waals surface area contributed by atoms with E-state index in [2.05, 4.69) is 10.3 Å². The molecule has 0 saturated carbocycles. The number of likely N-dealkylation sites (N-methyl/N-ethyl adjacent to an activating group) is 1. The maximum atomic E-state index is 5.56. The van der Waals surface area contributed by atoms with Gasteiger partial charge in [-0.1, -0.05) is 6.07 Å². The lowest BCUT2D eigenvalue weighted by Crippen LogP contribution is -2.24. The van der Waals surface area contributed by atoms with E-state index in [1.54, 1.807) is 13.3 Å². The van der Waals surface area contributed by atoms with Crippen molar-refractivity contribution in [1.82, 2.24) is 10.3 Å². The van der Waals surface area contributed by atoms with E-state index < -0.39 is 0 Å². The highest BCUT2D eigenvalue weighted by Gasteiger charge is 2.06. The van der Waals surface area contributed by atoms with E-state index in [4.69, 9.17) is 10.5 Å². The van der Waals surface area contributed by atoms with Crippen LogP contribution in [0.25, 0.3) is 0 Å². The Balaban J connectivity index is 2.78. The fraction of sp³-hybridized carbons (Fsp3) is 0.444. The van der Waals surface area contributed by atoms with Crippen LogP contribution in [0.5, 0.6) is 5.88 Å². The molecular formula is C9H15N3O. The van der Waals surface area contributed by atoms with Crippen LogP contribution in [0.15, 0.2) is 18.3 Å². The van der Waals surface area contributed by atoms with E-state index >= 15 is 0 Å². The number of hydrogen-bond donors (Lipinski definition) is 2. The van der Waals surface area contributed by atoms with Crippen LogP contribution in [0.1, 0.15) is 11.6 Å². The lowest BCUT2D eigenvalue weighted by Gasteiger charge is -2.13. The zero-order valence-corrected chi connectivity index (χ0v) is 7.95. The van der Waals surface area contributed by atoms with E-state index in [9.17, 15) is 0 Å². The van der Waals surface area contributed by atoms with Crippen molar-refractivity contribution in [1.29, 1.82) is 0 Å². The van der Waals surface area contributed by atoms with Gasteiger partial charge < -0.3 is 15.8 Å². The molecule has 1 unspecified atom stereocenters. The third-order valence-electron chi connectivity index (χ3n) is 1.95. The first-order chi connectivity index (χ1) is 6.31. The number of nitrogens with zero attached hydrogens (tertiary/aromatic N) is 1. The van der Waals surface area contributed by atoms with Crippen molar-refractivity contribution in [2.45, 2.75) is 6.04 Å². The molecule has 0 aliphatic rings. The molecule has 0 aromatic carbocycles. The summed E-state index contributed by atoms with van der Waals surface area (Å²) in [5.41, 5.74) is 6.64. The van der Waals surface area contributed by atoms with Crippen LogP contribution in [-0.4, -0.2) is 25.7 Å². The number of nitrogens with one attached hydrogen (secondary N) is 1. The van der Waals surface area contributed by atoms with Gasteiger partial charge in [0.05, 0.1) is 7.11 Å². The predicted molar refractivity (Wildman–Crippen MR) is 51.6 cm³/mol. The Morgan fingerprint density at radius 1 is 1.62 bits per heavy atom. The van der Waals surface area contributed by atoms with Crippen LogP contribution in [0.4, 0.5) is 0 Å². The minimum atomic E-state index is 0.165. The highest BCUT2D eigenvalue weighted by Crippen LogP contribution is 2.12. The smallest absolute Gasteiger partial charge is 0.212 e. The predicted octanol–water partition coefficient (Wildman–Crippen LogP) is 0.309. The van der Waals surface area contributed by atoms with Crippen LogP contribution in [0.3, 0.4) is 0 Å². The van der Waals surface area contributed by atoms with Crippen molar-refractivity contribution < 1.29 is 4.74 Å². The van der Waals surface area contributed by atoms with Gasteiger partial charge in [-0.25, -0.2) is 4.98 Å². The zero-order valence-electron chi connectivity index (χ0n) is 7.95. The van der Waals surface area contributed by atoms with Crippen molar-refractivity contribution >= 4 is 0 Å². The van der Waals surface area contributed by atoms with Crippen molar-refractivity contribution in [3.63, 3.8) is 0 Å². The van der Waals surface area contributed by atoms with Gasteiger partial charge in [0.1, 0.15) is 0 Å². The molecule has 0 bridgehead atoms. The minimum absolute atomic E-state index is 0.165. The van der Waals surface area contributed by atoms with E-state index in [-0.39, 0.29) is 6.04 Å². The van der Waals surface area contributed by atoms with E-state index in [0.29, 0.717) is 12.4 Å². The molecule has 1 heterocycles. The van der Waals surface area contributed by atoms with Crippen LogP contribution < -0.4 is 15.8 Å². The Morgan fingerprint density at radius 2 is 2.38 bits per heavy atom. The van der Waals surface area contributed by atoms with Gasteiger partial charge in [0.2, 0.25) is 5.88 Å². The van der Waals surface area contributed by atoms with Gasteiger partial charge in [0.15, 0.2) is 0 Å². The van der Waals surface area contributed by atoms with Crippen molar-refractivity contribution in [3.8, 4) is 5.88 Å². The van der Waals surface area contributed by atoms with Crippen molar-refractivity contribution in [2.24, 2.45) is 5.73 Å². The molecule has 0 fully saturated rings. The maximum Gasteiger partial charge on any atom is 0.212 e. The molecule has 0 amide bonds. The molecule has 1 aromatic rings. The average Bonchev–Trinajstić information content (AvgIpc) is 2.21. The number of ether oxygens (including phenoxy) is 1. The van der Waals surface area contributed by atoms with Crippen LogP contribution in [0.2, 0.25) is 0 Å². The lowest BCUT2D eigenvalue weighted by molar-refractivity contribution is 0.397. The SMILES string of the molecule is CNC(CN)c1ccc(OC)nc1. The topological polar surface area (TPSA) is 60.2 Å². The molecule has 0 aliphatic carbocycles. The second kappa shape index (κ2) is 4.79. The van der Waals surface area contributed by atoms with Crippen molar-refractivity contribution in [2.75, 3.05) is 20.7 Å². The molecule has 4 heteroatoms. The summed E-state index contributed by atoms with van der Waals surface area (Å²) in [5, 5.41) is 3.10. The first-order valence-electron chi connectivity index (χ1n) is 4.19. The van der Waals surface area contributed by atoms with Crippen LogP contribution >= 0.6 is 0 Å². The fourth-order valence-corrected chi connectivity index (χ4v) is 1.14. The largest absolute Gasteiger partial charge is 0.481 e. The number of rotatable bonds is 4. The highest BCUT2D eigenvalue weighted by atomic mass is 16.5. The molecule has 0 aliphatic heterocycles. The Hall–Kier alpha value is -1.13. The van der Waals surface area contributed by atoms with Gasteiger partial charge in [-0.2, -0.15) is 0 Å². The Kier molecular flexibility index (Phi) is 3.67. The second-order valence-corrected chi connectivity index (χ2v) is 2.71. The molecule has 3 N–H and O–H groups in total. The van der Waals surface area contributed by atoms with E-state index in [0.717, 1.165) is 5.56 Å². The molecule has 72 valence electrons. The molecule has 4 nitrogen and oxygen atoms in total. The van der Waals surface area contributed by atoms with Gasteiger partial charge in [-0.3, -0.25) is 0 Å². The Labute approximate surface area is 78.1 Å². The number of aromatic nitrogens is 1. The third-order valence-corrected chi connectivity index (χ3v) is 1.95. The molecule has 0 radical (unpaired) electrons. The van der Waals surface area contributed by atoms with E-state index in [1.807, 2.05) is 19.2 Å². The maximum absolute atomic E-state index is 5.56. The standard InChI is InChI=1S/C9H15N3O/c1-11-8(5-10)7-3-4-9(13-2)12-6-7/h3-4,6,8,11H,5,10H2,1-2H3. The zero-order chi connectivity index (χ0) is 9.68. The Bertz CT molecular complexity index is 244. The number of hydrogen-bond acceptors (Lipinski definition) is 4. The Morgan fingerprint density at radius 3 is 2.77 bits per heavy atom. The molecular weight excluding hydrogens is 166 g/mol. The minimum Gasteiger partial charge on any atom is -0.481 e. The van der Waals surface area contributed by atoms with Crippen molar-refractivity contribution in [3.05, 3.63) is 23.9 Å². The summed E-state index contributed by atoms with van der Waals surface area (Å²) in [6.45, 7) is 0.560. The summed E-state index contributed by atoms with van der Waals surface area (Å²) in [6.07, 6.45) is 1.77. The van der Waals surface area contributed by atoms with Gasteiger partial charge in [-0.05, 0) is 12.6 Å². The van der Waals surface area contributed by atoms with Crippen LogP contribution in [0, 0.1) is 0 Å². The first kappa shape index (κ1) is 9.95. The monoisotopic (exact) mass is 181 g/mol. The van der Waals surface area contributed by atoms with Crippen LogP contribution in [-0.2, 0) is 0 Å². The quantitative estimate of drug-likeness (QED) is 0.701. The normalized spacial score (nSPS) is 12.5. The summed E-state index contributed by atoms with van der Waals surface area (Å²) >= 11 is 0. The second-order valence-electron chi connectivity index (χ2n) is 2.71. The summed E-state index contributed by atoms with van der Waals surface area (Å²) in [4.78, 5) is 4.10. The lowest BCUT2D eigenvalue weighted by atomic mass is 10.1. The molecule has 0 saturated heterocycles. The summed E-state index contributed by atoms with van der Waals surface area (Å²) in [7, 11) is 3.47. The fourth-order valence-electron chi connectivity index (χ4n) is 1.14. The number of methoxy groups -OCH3 is 1. The molecule has 1 aromatic heterocycles. The number of pyridine rings is 1. The number of nitrogens with two attached hydrogens (primary N) is 1. The highest BCUT2D eigenvalue weighted by molar-refractivity contribution is 5.20. The third kappa shape index (κ3) is 2.40. The molecule has 13 heavy (non-hydrogen) atoms. The summed E-state index contributed by atoms with van der Waals surface area (Å²) < 4.78 is 4.95. The summed E-state index contributed by atoms with van der Waals surface area (Å²) in [6, 6.07) is 3.95. The van der Waals surface area contributed by atoms with Gasteiger partial charge in [-0.15, -0.1) is 0 Å². The molecule has 1 rings (SSSR count). The average molecular weight is 181 g/mol. The molecule has 0 spiro atoms. The summed E-state index contributed by atoms with van der Waals surface area (Å²) in [5.74, 6) is 0.621. The first-order valence-corrected chi connectivity index (χ1v) is 4.19. The van der Waals surface area contributed by atoms with Gasteiger partial charge in [0.25, 0.3) is 0 Å².